The number of halogens is 4. The van der Waals surface area contributed by atoms with E-state index in [0.717, 1.165) is 39.0 Å². The van der Waals surface area contributed by atoms with E-state index < -0.39 is 27.6 Å². The molecule has 4 rings (SSSR count). The summed E-state index contributed by atoms with van der Waals surface area (Å²) in [7, 11) is -1.35. The van der Waals surface area contributed by atoms with Gasteiger partial charge in [0.1, 0.15) is 17.7 Å². The van der Waals surface area contributed by atoms with Crippen molar-refractivity contribution in [1.29, 1.82) is 0 Å². The summed E-state index contributed by atoms with van der Waals surface area (Å²) in [5.74, 6) is 0.970. The third kappa shape index (κ3) is 12.2. The van der Waals surface area contributed by atoms with Crippen LogP contribution in [0, 0.1) is 11.7 Å². The number of fused-ring (bicyclic) bond motifs is 1. The quantitative estimate of drug-likeness (QED) is 0.328. The van der Waals surface area contributed by atoms with Crippen molar-refractivity contribution < 1.29 is 45.0 Å². The minimum atomic E-state index is -4.28. The van der Waals surface area contributed by atoms with Crippen LogP contribution in [0.5, 0.6) is 5.75 Å². The van der Waals surface area contributed by atoms with Crippen molar-refractivity contribution in [3.05, 3.63) is 48.3 Å². The lowest BCUT2D eigenvalue weighted by Gasteiger charge is -2.34. The van der Waals surface area contributed by atoms with E-state index in [9.17, 15) is 30.8 Å². The minimum absolute atomic E-state index is 0.0160. The molecular weight excluding hydrogens is 584 g/mol. The van der Waals surface area contributed by atoms with Gasteiger partial charge in [-0.05, 0) is 76.2 Å². The smallest absolute Gasteiger partial charge is 0.416 e. The monoisotopic (exact) mass is 624 g/mol. The number of nitrogens with one attached hydrogen (secondary N) is 1. The first-order valence-corrected chi connectivity index (χ1v) is 14.1. The number of rotatable bonds is 5. The van der Waals surface area contributed by atoms with Crippen molar-refractivity contribution in [1.82, 2.24) is 0 Å². The molecule has 2 amide bonds. The molecule has 0 unspecified atom stereocenters. The Kier molecular flexibility index (Phi) is 16.1. The zero-order valence-corrected chi connectivity index (χ0v) is 25.3. The number of alkyl halides is 3. The van der Waals surface area contributed by atoms with E-state index in [0.29, 0.717) is 23.5 Å². The summed E-state index contributed by atoms with van der Waals surface area (Å²) >= 11 is 0. The highest BCUT2D eigenvalue weighted by Crippen LogP contribution is 2.39. The number of carbonyl (C=O) groups is 2. The normalized spacial score (nSPS) is 15.6. The van der Waals surface area contributed by atoms with E-state index in [1.807, 2.05) is 0 Å². The minimum Gasteiger partial charge on any atom is -0.487 e. The van der Waals surface area contributed by atoms with E-state index in [4.69, 9.17) is 9.53 Å². The first-order chi connectivity index (χ1) is 19.5. The largest absolute Gasteiger partial charge is 0.487 e. The van der Waals surface area contributed by atoms with E-state index in [1.165, 1.54) is 42.4 Å². The van der Waals surface area contributed by atoms with Crippen LogP contribution >= 0.6 is 0 Å². The summed E-state index contributed by atoms with van der Waals surface area (Å²) in [4.78, 5) is 19.2. The molecule has 0 saturated heterocycles. The van der Waals surface area contributed by atoms with Crippen molar-refractivity contribution in [3.8, 4) is 5.75 Å². The van der Waals surface area contributed by atoms with Crippen LogP contribution in [0.3, 0.4) is 0 Å². The second-order valence-corrected chi connectivity index (χ2v) is 11.3. The maximum atomic E-state index is 13.1. The number of amides is 2. The molecular formula is C27H40F4N4O6S. The summed E-state index contributed by atoms with van der Waals surface area (Å²) < 4.78 is 85.1. The van der Waals surface area contributed by atoms with E-state index in [-0.39, 0.29) is 24.0 Å². The maximum absolute atomic E-state index is 13.1. The molecule has 15 heteroatoms. The van der Waals surface area contributed by atoms with Crippen molar-refractivity contribution in [2.24, 2.45) is 17.4 Å². The van der Waals surface area contributed by atoms with Crippen LogP contribution in [-0.2, 0) is 24.3 Å². The highest BCUT2D eigenvalue weighted by molar-refractivity contribution is 7.92. The molecule has 1 heterocycles. The Morgan fingerprint density at radius 3 is 1.93 bits per heavy atom. The van der Waals surface area contributed by atoms with Gasteiger partial charge in [0.2, 0.25) is 12.8 Å². The van der Waals surface area contributed by atoms with Gasteiger partial charge in [0.15, 0.2) is 5.60 Å². The number of ether oxygens (including phenoxy) is 2. The molecule has 0 spiro atoms. The average molecular weight is 625 g/mol. The van der Waals surface area contributed by atoms with Gasteiger partial charge in [0, 0.05) is 12.8 Å². The molecule has 1 aliphatic carbocycles. The molecule has 1 atom stereocenters. The number of nitrogens with zero attached hydrogens (tertiary/aromatic N) is 1. The van der Waals surface area contributed by atoms with Gasteiger partial charge < -0.3 is 26.3 Å². The van der Waals surface area contributed by atoms with Crippen molar-refractivity contribution in [2.75, 3.05) is 30.3 Å². The highest BCUT2D eigenvalue weighted by atomic mass is 32.2. The number of benzene rings is 2. The summed E-state index contributed by atoms with van der Waals surface area (Å²) in [6.07, 6.45) is -0.896. The highest BCUT2D eigenvalue weighted by Gasteiger charge is 2.47. The SMILES string of the molecule is CC1CC1.CN.COC(C)(C)C(F)(F)F.C[C@H]1CN(S(=O)(=O)c2ccc(F)cc2)c2cc(NC=O)ccc2O1.NC=O. The summed E-state index contributed by atoms with van der Waals surface area (Å²) in [6.45, 7) is 6.10. The molecule has 42 heavy (non-hydrogen) atoms. The van der Waals surface area contributed by atoms with E-state index >= 15 is 0 Å². The molecule has 1 aliphatic heterocycles. The van der Waals surface area contributed by atoms with Gasteiger partial charge in [-0.25, -0.2) is 12.8 Å². The topological polar surface area (TPSA) is 154 Å². The van der Waals surface area contributed by atoms with Gasteiger partial charge in [0.05, 0.1) is 17.1 Å². The van der Waals surface area contributed by atoms with Gasteiger partial charge in [-0.15, -0.1) is 0 Å². The van der Waals surface area contributed by atoms with Crippen molar-refractivity contribution in [3.63, 3.8) is 0 Å². The van der Waals surface area contributed by atoms with Gasteiger partial charge in [0.25, 0.3) is 10.0 Å². The lowest BCUT2D eigenvalue weighted by molar-refractivity contribution is -0.255. The van der Waals surface area contributed by atoms with Gasteiger partial charge in [-0.2, -0.15) is 13.2 Å². The number of anilines is 2. The summed E-state index contributed by atoms with van der Waals surface area (Å²) in [5.41, 5.74) is 7.41. The predicted octanol–water partition coefficient (Wildman–Crippen LogP) is 4.44. The fourth-order valence-corrected chi connectivity index (χ4v) is 4.34. The fraction of sp³-hybridized carbons (Fsp3) is 0.481. The molecule has 238 valence electrons. The molecule has 1 saturated carbocycles. The fourth-order valence-electron chi connectivity index (χ4n) is 2.80. The Morgan fingerprint density at radius 2 is 1.55 bits per heavy atom. The number of hydrogen-bond donors (Lipinski definition) is 3. The zero-order chi connectivity index (χ0) is 32.7. The van der Waals surface area contributed by atoms with Crippen LogP contribution in [0.1, 0.15) is 40.5 Å². The van der Waals surface area contributed by atoms with Crippen molar-refractivity contribution >= 4 is 34.2 Å². The molecule has 0 aromatic heterocycles. The second-order valence-electron chi connectivity index (χ2n) is 9.39. The van der Waals surface area contributed by atoms with Crippen molar-refractivity contribution in [2.45, 2.75) is 63.3 Å². The number of sulfonamides is 1. The second kappa shape index (κ2) is 17.5. The standard InChI is InChI=1S/C16H15FN2O4S.C5H9F3O.C4H8.CH3NO.CH5N/c1-11-9-19(24(21,22)14-5-2-12(17)3-6-14)15-8-13(18-10-20)4-7-16(15)23-11;1-4(2,9-3)5(6,7)8;1-4-2-3-4;2-1-3;1-2/h2-8,10-11H,9H2,1H3,(H,18,20);1-3H3;4H,2-3H2,1H3;1H,(H2,2,3);2H2,1H3/t11-;;;;/m0..../s1. The number of methoxy groups -OCH3 is 1. The molecule has 2 aromatic rings. The Labute approximate surface area is 244 Å². The predicted molar refractivity (Wildman–Crippen MR) is 153 cm³/mol. The Hall–Kier alpha value is -3.43. The van der Waals surface area contributed by atoms with Crippen LogP contribution in [-0.4, -0.2) is 59.8 Å². The van der Waals surface area contributed by atoms with E-state index in [2.05, 4.69) is 28.4 Å². The number of primary amides is 1. The lowest BCUT2D eigenvalue weighted by atomic mass is 10.1. The average Bonchev–Trinajstić information content (AvgIpc) is 3.72. The van der Waals surface area contributed by atoms with Gasteiger partial charge in [-0.3, -0.25) is 13.9 Å². The summed E-state index contributed by atoms with van der Waals surface area (Å²) in [5, 5.41) is 2.48. The zero-order valence-electron chi connectivity index (χ0n) is 24.4. The molecule has 0 radical (unpaired) electrons. The van der Waals surface area contributed by atoms with E-state index in [1.54, 1.807) is 19.1 Å². The van der Waals surface area contributed by atoms with Gasteiger partial charge >= 0.3 is 6.18 Å². The van der Waals surface area contributed by atoms with Crippen LogP contribution < -0.4 is 25.8 Å². The molecule has 5 N–H and O–H groups in total. The van der Waals surface area contributed by atoms with Crippen LogP contribution in [0.15, 0.2) is 47.4 Å². The first kappa shape index (κ1) is 38.6. The lowest BCUT2D eigenvalue weighted by Crippen LogP contribution is -2.42. The maximum Gasteiger partial charge on any atom is 0.416 e. The van der Waals surface area contributed by atoms with Gasteiger partial charge in [-0.1, -0.05) is 19.8 Å². The third-order valence-electron chi connectivity index (χ3n) is 5.66. The molecule has 0 bridgehead atoms. The Bertz CT molecular complexity index is 1210. The third-order valence-corrected chi connectivity index (χ3v) is 7.46. The van der Waals surface area contributed by atoms with Crippen LogP contribution in [0.25, 0.3) is 0 Å². The molecule has 2 aliphatic rings. The Morgan fingerprint density at radius 1 is 1.05 bits per heavy atom. The molecule has 10 nitrogen and oxygen atoms in total. The molecule has 2 aromatic carbocycles. The first-order valence-electron chi connectivity index (χ1n) is 12.7. The molecule has 1 fully saturated rings. The number of hydrogen-bond acceptors (Lipinski definition) is 7. The number of nitrogens with two attached hydrogens (primary N) is 2. The Balaban J connectivity index is 0.000000766. The summed E-state index contributed by atoms with van der Waals surface area (Å²) in [6, 6.07) is 9.38. The number of carbonyl (C=O) groups excluding carboxylic acids is 2. The van der Waals surface area contributed by atoms with Crippen LogP contribution in [0.4, 0.5) is 28.9 Å². The van der Waals surface area contributed by atoms with Crippen LogP contribution in [0.2, 0.25) is 0 Å².